The fraction of sp³-hybridized carbons (Fsp3) is 0.250. The standard InChI is InChI=1S/C24H29N5O3S/c1-5-29(6-2)23-15-21(25)22(16-24(23)32-4)27-26-18-9-11-19(12-10-18)28-33(30,31)20-13-7-17(3)8-14-20/h7-16,28H,5-6,25H2,1-4H3/b27-26+. The van der Waals surface area contributed by atoms with Gasteiger partial charge in [-0.05, 0) is 63.2 Å². The molecule has 174 valence electrons. The molecule has 0 unspecified atom stereocenters. The molecular formula is C24H29N5O3S. The Morgan fingerprint density at radius 2 is 1.61 bits per heavy atom. The van der Waals surface area contributed by atoms with E-state index in [1.54, 1.807) is 61.7 Å². The van der Waals surface area contributed by atoms with Gasteiger partial charge in [-0.15, -0.1) is 5.11 Å². The lowest BCUT2D eigenvalue weighted by Gasteiger charge is -2.24. The van der Waals surface area contributed by atoms with Gasteiger partial charge in [0.05, 0.1) is 29.1 Å². The number of nitrogen functional groups attached to an aromatic ring is 1. The number of nitrogens with one attached hydrogen (secondary N) is 1. The molecule has 9 heteroatoms. The van der Waals surface area contributed by atoms with Crippen LogP contribution in [0, 0.1) is 6.92 Å². The zero-order valence-electron chi connectivity index (χ0n) is 19.2. The average Bonchev–Trinajstić information content (AvgIpc) is 2.80. The fourth-order valence-electron chi connectivity index (χ4n) is 3.27. The zero-order chi connectivity index (χ0) is 24.0. The molecule has 0 aliphatic carbocycles. The summed E-state index contributed by atoms with van der Waals surface area (Å²) in [6.07, 6.45) is 0. The minimum absolute atomic E-state index is 0.203. The predicted octanol–water partition coefficient (Wildman–Crippen LogP) is 5.65. The van der Waals surface area contributed by atoms with E-state index in [-0.39, 0.29) is 4.90 Å². The number of ether oxygens (including phenoxy) is 1. The molecule has 0 bridgehead atoms. The van der Waals surface area contributed by atoms with Crippen molar-refractivity contribution in [3.63, 3.8) is 0 Å². The highest BCUT2D eigenvalue weighted by Gasteiger charge is 2.14. The third-order valence-corrected chi connectivity index (χ3v) is 6.55. The number of sulfonamides is 1. The molecule has 0 radical (unpaired) electrons. The quantitative estimate of drug-likeness (QED) is 0.312. The van der Waals surface area contributed by atoms with Crippen LogP contribution in [0.3, 0.4) is 0 Å². The smallest absolute Gasteiger partial charge is 0.261 e. The summed E-state index contributed by atoms with van der Waals surface area (Å²) >= 11 is 0. The number of rotatable bonds is 9. The van der Waals surface area contributed by atoms with Gasteiger partial charge in [-0.2, -0.15) is 5.11 Å². The first kappa shape index (κ1) is 24.1. The van der Waals surface area contributed by atoms with Crippen LogP contribution in [0.5, 0.6) is 5.75 Å². The van der Waals surface area contributed by atoms with Crippen molar-refractivity contribution in [3.05, 3.63) is 66.2 Å². The first-order valence-electron chi connectivity index (χ1n) is 10.6. The lowest BCUT2D eigenvalue weighted by atomic mass is 10.2. The second-order valence-corrected chi connectivity index (χ2v) is 9.10. The summed E-state index contributed by atoms with van der Waals surface area (Å²) in [4.78, 5) is 2.35. The molecule has 0 heterocycles. The van der Waals surface area contributed by atoms with Crippen LogP contribution in [0.2, 0.25) is 0 Å². The Hall–Kier alpha value is -3.59. The number of methoxy groups -OCH3 is 1. The molecule has 3 rings (SSSR count). The number of hydrogen-bond acceptors (Lipinski definition) is 7. The van der Waals surface area contributed by atoms with Crippen molar-refractivity contribution in [2.24, 2.45) is 10.2 Å². The van der Waals surface area contributed by atoms with Crippen molar-refractivity contribution in [2.45, 2.75) is 25.7 Å². The fourth-order valence-corrected chi connectivity index (χ4v) is 4.33. The molecule has 0 saturated heterocycles. The van der Waals surface area contributed by atoms with E-state index in [0.717, 1.165) is 24.3 Å². The Kier molecular flexibility index (Phi) is 7.55. The maximum absolute atomic E-state index is 12.5. The van der Waals surface area contributed by atoms with Crippen LogP contribution in [0.15, 0.2) is 75.8 Å². The number of nitrogens with zero attached hydrogens (tertiary/aromatic N) is 3. The lowest BCUT2D eigenvalue weighted by Crippen LogP contribution is -2.22. The molecule has 3 aromatic rings. The molecule has 3 aromatic carbocycles. The van der Waals surface area contributed by atoms with E-state index in [0.29, 0.717) is 28.5 Å². The van der Waals surface area contributed by atoms with Crippen molar-refractivity contribution in [1.29, 1.82) is 0 Å². The highest BCUT2D eigenvalue weighted by atomic mass is 32.2. The van der Waals surface area contributed by atoms with Crippen LogP contribution >= 0.6 is 0 Å². The van der Waals surface area contributed by atoms with E-state index in [4.69, 9.17) is 10.5 Å². The van der Waals surface area contributed by atoms with E-state index in [1.165, 1.54) is 0 Å². The highest BCUT2D eigenvalue weighted by Crippen LogP contribution is 2.37. The van der Waals surface area contributed by atoms with Gasteiger partial charge >= 0.3 is 0 Å². The summed E-state index contributed by atoms with van der Waals surface area (Å²) < 4.78 is 33.2. The largest absolute Gasteiger partial charge is 0.494 e. The summed E-state index contributed by atoms with van der Waals surface area (Å²) in [6, 6.07) is 16.9. The molecule has 8 nitrogen and oxygen atoms in total. The number of azo groups is 1. The number of nitrogens with two attached hydrogens (primary N) is 1. The molecule has 0 fully saturated rings. The van der Waals surface area contributed by atoms with Crippen molar-refractivity contribution in [1.82, 2.24) is 0 Å². The highest BCUT2D eigenvalue weighted by molar-refractivity contribution is 7.92. The van der Waals surface area contributed by atoms with E-state index >= 15 is 0 Å². The topological polar surface area (TPSA) is 109 Å². The van der Waals surface area contributed by atoms with E-state index < -0.39 is 10.0 Å². The Bertz CT molecular complexity index is 1220. The van der Waals surface area contributed by atoms with Gasteiger partial charge in [0.2, 0.25) is 0 Å². The predicted molar refractivity (Wildman–Crippen MR) is 134 cm³/mol. The molecule has 0 aliphatic rings. The van der Waals surface area contributed by atoms with Gasteiger partial charge in [0.1, 0.15) is 11.4 Å². The van der Waals surface area contributed by atoms with E-state index in [9.17, 15) is 8.42 Å². The summed E-state index contributed by atoms with van der Waals surface area (Å²) in [6.45, 7) is 7.69. The number of hydrogen-bond donors (Lipinski definition) is 2. The normalized spacial score (nSPS) is 11.5. The molecule has 3 N–H and O–H groups in total. The van der Waals surface area contributed by atoms with Gasteiger partial charge < -0.3 is 15.4 Å². The molecule has 0 aromatic heterocycles. The Balaban J connectivity index is 1.77. The third kappa shape index (κ3) is 5.81. The maximum atomic E-state index is 12.5. The van der Waals surface area contributed by atoms with Crippen molar-refractivity contribution >= 4 is 38.5 Å². The molecule has 0 saturated carbocycles. The van der Waals surface area contributed by atoms with E-state index in [1.807, 2.05) is 13.0 Å². The molecular weight excluding hydrogens is 438 g/mol. The molecule has 0 aliphatic heterocycles. The molecule has 0 amide bonds. The molecule has 33 heavy (non-hydrogen) atoms. The second kappa shape index (κ2) is 10.4. The Morgan fingerprint density at radius 3 is 2.18 bits per heavy atom. The van der Waals surface area contributed by atoms with Crippen LogP contribution in [-0.4, -0.2) is 28.6 Å². The molecule has 0 atom stereocenters. The van der Waals surface area contributed by atoms with Crippen LogP contribution in [0.1, 0.15) is 19.4 Å². The summed E-state index contributed by atoms with van der Waals surface area (Å²) in [5, 5.41) is 8.49. The van der Waals surface area contributed by atoms with Crippen LogP contribution < -0.4 is 20.1 Å². The van der Waals surface area contributed by atoms with Crippen molar-refractivity contribution in [3.8, 4) is 5.75 Å². The van der Waals surface area contributed by atoms with Crippen LogP contribution in [-0.2, 0) is 10.0 Å². The van der Waals surface area contributed by atoms with Crippen LogP contribution in [0.25, 0.3) is 0 Å². The van der Waals surface area contributed by atoms with Gasteiger partial charge in [-0.25, -0.2) is 8.42 Å². The zero-order valence-corrected chi connectivity index (χ0v) is 20.1. The number of benzene rings is 3. The van der Waals surface area contributed by atoms with E-state index in [2.05, 4.69) is 33.7 Å². The van der Waals surface area contributed by atoms with Gasteiger partial charge in [0.25, 0.3) is 10.0 Å². The van der Waals surface area contributed by atoms with Crippen LogP contribution in [0.4, 0.5) is 28.4 Å². The van der Waals surface area contributed by atoms with Gasteiger partial charge in [0.15, 0.2) is 0 Å². The van der Waals surface area contributed by atoms with Crippen molar-refractivity contribution in [2.75, 3.05) is 35.6 Å². The van der Waals surface area contributed by atoms with Crippen molar-refractivity contribution < 1.29 is 13.2 Å². The summed E-state index contributed by atoms with van der Waals surface area (Å²) in [5.41, 5.74) is 10.1. The monoisotopic (exact) mass is 467 g/mol. The summed E-state index contributed by atoms with van der Waals surface area (Å²) in [7, 11) is -2.06. The third-order valence-electron chi connectivity index (χ3n) is 5.16. The number of aryl methyl sites for hydroxylation is 1. The Morgan fingerprint density at radius 1 is 0.970 bits per heavy atom. The van der Waals surface area contributed by atoms with Gasteiger partial charge in [-0.3, -0.25) is 4.72 Å². The van der Waals surface area contributed by atoms with Gasteiger partial charge in [-0.1, -0.05) is 17.7 Å². The second-order valence-electron chi connectivity index (χ2n) is 7.42. The Labute approximate surface area is 195 Å². The van der Waals surface area contributed by atoms with Gasteiger partial charge in [0, 0.05) is 24.8 Å². The first-order chi connectivity index (χ1) is 15.8. The minimum Gasteiger partial charge on any atom is -0.494 e. The summed E-state index contributed by atoms with van der Waals surface area (Å²) in [5.74, 6) is 0.669. The maximum Gasteiger partial charge on any atom is 0.261 e. The SMILES string of the molecule is CCN(CC)c1cc(N)c(/N=N/c2ccc(NS(=O)(=O)c3ccc(C)cc3)cc2)cc1OC. The average molecular weight is 468 g/mol. The minimum atomic E-state index is -3.67. The molecule has 0 spiro atoms. The lowest BCUT2D eigenvalue weighted by molar-refractivity contribution is 0.414. The first-order valence-corrected chi connectivity index (χ1v) is 12.1. The number of anilines is 3.